The molecule has 0 saturated carbocycles. The fourth-order valence-corrected chi connectivity index (χ4v) is 1.82. The van der Waals surface area contributed by atoms with Gasteiger partial charge in [-0.3, -0.25) is 4.79 Å². The number of benzene rings is 1. The second kappa shape index (κ2) is 4.96. The van der Waals surface area contributed by atoms with Gasteiger partial charge in [-0.2, -0.15) is 0 Å². The normalized spacial score (nSPS) is 10.6. The van der Waals surface area contributed by atoms with Crippen molar-refractivity contribution < 1.29 is 9.90 Å². The minimum Gasteiger partial charge on any atom is -0.508 e. The molecule has 2 rings (SSSR count). The van der Waals surface area contributed by atoms with Gasteiger partial charge in [-0.05, 0) is 38.1 Å². The molecule has 0 aliphatic carbocycles. The summed E-state index contributed by atoms with van der Waals surface area (Å²) < 4.78 is 1.90. The topological polar surface area (TPSA) is 54.3 Å². The van der Waals surface area contributed by atoms with Crippen molar-refractivity contribution in [3.8, 4) is 5.75 Å². The lowest BCUT2D eigenvalue weighted by atomic mass is 10.3. The van der Waals surface area contributed by atoms with Gasteiger partial charge in [-0.15, -0.1) is 0 Å². The van der Waals surface area contributed by atoms with Crippen LogP contribution in [-0.4, -0.2) is 15.6 Å². The molecule has 0 spiro atoms. The van der Waals surface area contributed by atoms with Crippen LogP contribution >= 0.6 is 0 Å². The number of carbonyl (C=O) groups excluding carboxylic acids is 1. The van der Waals surface area contributed by atoms with E-state index in [4.69, 9.17) is 0 Å². The van der Waals surface area contributed by atoms with Crippen LogP contribution in [0, 0.1) is 0 Å². The number of rotatable bonds is 3. The molecule has 4 heteroatoms. The number of aromatic hydroxyl groups is 1. The van der Waals surface area contributed by atoms with Crippen LogP contribution < -0.4 is 5.32 Å². The van der Waals surface area contributed by atoms with E-state index in [2.05, 4.69) is 5.32 Å². The summed E-state index contributed by atoms with van der Waals surface area (Å²) in [5.41, 5.74) is 1.19. The highest BCUT2D eigenvalue weighted by Crippen LogP contribution is 2.17. The van der Waals surface area contributed by atoms with Gasteiger partial charge in [0.1, 0.15) is 11.4 Å². The average Bonchev–Trinajstić information content (AvgIpc) is 2.77. The van der Waals surface area contributed by atoms with Crippen molar-refractivity contribution in [2.24, 2.45) is 0 Å². The van der Waals surface area contributed by atoms with E-state index in [1.807, 2.05) is 30.7 Å². The van der Waals surface area contributed by atoms with Crippen LogP contribution in [0.2, 0.25) is 0 Å². The SMILES string of the molecule is CC(C)n1cccc1C(=O)Nc1cccc(O)c1. The molecule has 0 saturated heterocycles. The summed E-state index contributed by atoms with van der Waals surface area (Å²) in [6, 6.07) is 10.3. The fraction of sp³-hybridized carbons (Fsp3) is 0.214. The molecule has 4 nitrogen and oxygen atoms in total. The Balaban J connectivity index is 2.20. The van der Waals surface area contributed by atoms with E-state index in [0.717, 1.165) is 0 Å². The molecule has 18 heavy (non-hydrogen) atoms. The number of phenols is 1. The fourth-order valence-electron chi connectivity index (χ4n) is 1.82. The number of nitrogens with zero attached hydrogens (tertiary/aromatic N) is 1. The smallest absolute Gasteiger partial charge is 0.272 e. The maximum absolute atomic E-state index is 12.1. The lowest BCUT2D eigenvalue weighted by molar-refractivity contribution is 0.101. The zero-order valence-corrected chi connectivity index (χ0v) is 10.4. The predicted octanol–water partition coefficient (Wildman–Crippen LogP) is 3.03. The van der Waals surface area contributed by atoms with Crippen molar-refractivity contribution in [1.29, 1.82) is 0 Å². The van der Waals surface area contributed by atoms with Crippen LogP contribution in [0.1, 0.15) is 30.4 Å². The van der Waals surface area contributed by atoms with E-state index in [9.17, 15) is 9.90 Å². The summed E-state index contributed by atoms with van der Waals surface area (Å²) in [6.07, 6.45) is 1.88. The van der Waals surface area contributed by atoms with Crippen molar-refractivity contribution in [3.05, 3.63) is 48.3 Å². The van der Waals surface area contributed by atoms with Crippen LogP contribution in [0.15, 0.2) is 42.6 Å². The zero-order chi connectivity index (χ0) is 13.1. The number of amides is 1. The summed E-state index contributed by atoms with van der Waals surface area (Å²) in [6.45, 7) is 4.04. The standard InChI is InChI=1S/C14H16N2O2/c1-10(2)16-8-4-7-13(16)14(18)15-11-5-3-6-12(17)9-11/h3-10,17H,1-2H3,(H,15,18). The number of nitrogens with one attached hydrogen (secondary N) is 1. The molecule has 0 aliphatic rings. The van der Waals surface area contributed by atoms with Crippen molar-refractivity contribution >= 4 is 11.6 Å². The molecule has 0 unspecified atom stereocenters. The lowest BCUT2D eigenvalue weighted by Gasteiger charge is -2.12. The van der Waals surface area contributed by atoms with Gasteiger partial charge in [-0.1, -0.05) is 6.07 Å². The van der Waals surface area contributed by atoms with Crippen LogP contribution in [0.4, 0.5) is 5.69 Å². The molecule has 0 radical (unpaired) electrons. The third-order valence-corrected chi connectivity index (χ3v) is 2.67. The highest BCUT2D eigenvalue weighted by atomic mass is 16.3. The molecule has 94 valence electrons. The average molecular weight is 244 g/mol. The Morgan fingerprint density at radius 3 is 2.72 bits per heavy atom. The van der Waals surface area contributed by atoms with E-state index in [1.165, 1.54) is 6.07 Å². The Morgan fingerprint density at radius 2 is 2.06 bits per heavy atom. The van der Waals surface area contributed by atoms with Gasteiger partial charge in [0, 0.05) is 24.0 Å². The summed E-state index contributed by atoms with van der Waals surface area (Å²) >= 11 is 0. The molecular formula is C14H16N2O2. The number of phenolic OH excluding ortho intramolecular Hbond substituents is 1. The molecule has 2 N–H and O–H groups in total. The highest BCUT2D eigenvalue weighted by molar-refractivity contribution is 6.03. The summed E-state index contributed by atoms with van der Waals surface area (Å²) in [7, 11) is 0. The third-order valence-electron chi connectivity index (χ3n) is 2.67. The van der Waals surface area contributed by atoms with Gasteiger partial charge in [0.05, 0.1) is 0 Å². The summed E-state index contributed by atoms with van der Waals surface area (Å²) in [5, 5.41) is 12.1. The Labute approximate surface area is 106 Å². The Bertz CT molecular complexity index is 558. The Hall–Kier alpha value is -2.23. The summed E-state index contributed by atoms with van der Waals surface area (Å²) in [5.74, 6) is -0.0497. The van der Waals surface area contributed by atoms with E-state index < -0.39 is 0 Å². The van der Waals surface area contributed by atoms with Crippen molar-refractivity contribution in [2.45, 2.75) is 19.9 Å². The van der Waals surface area contributed by atoms with Crippen LogP contribution in [-0.2, 0) is 0 Å². The van der Waals surface area contributed by atoms with Crippen LogP contribution in [0.5, 0.6) is 5.75 Å². The van der Waals surface area contributed by atoms with Crippen LogP contribution in [0.3, 0.4) is 0 Å². The van der Waals surface area contributed by atoms with E-state index in [-0.39, 0.29) is 17.7 Å². The maximum atomic E-state index is 12.1. The first-order chi connectivity index (χ1) is 8.58. The number of hydrogen-bond donors (Lipinski definition) is 2. The first-order valence-corrected chi connectivity index (χ1v) is 5.85. The van der Waals surface area contributed by atoms with Gasteiger partial charge < -0.3 is 15.0 Å². The van der Waals surface area contributed by atoms with Crippen molar-refractivity contribution in [2.75, 3.05) is 5.32 Å². The van der Waals surface area contributed by atoms with Gasteiger partial charge in [-0.25, -0.2) is 0 Å². The first-order valence-electron chi connectivity index (χ1n) is 5.85. The largest absolute Gasteiger partial charge is 0.508 e. The first kappa shape index (κ1) is 12.2. The maximum Gasteiger partial charge on any atom is 0.272 e. The molecule has 1 heterocycles. The number of hydrogen-bond acceptors (Lipinski definition) is 2. The predicted molar refractivity (Wildman–Crippen MR) is 70.9 cm³/mol. The molecule has 0 bridgehead atoms. The molecule has 0 atom stereocenters. The van der Waals surface area contributed by atoms with Gasteiger partial charge >= 0.3 is 0 Å². The molecule has 0 fully saturated rings. The van der Waals surface area contributed by atoms with Gasteiger partial charge in [0.15, 0.2) is 0 Å². The Kier molecular flexibility index (Phi) is 3.37. The van der Waals surface area contributed by atoms with Crippen molar-refractivity contribution in [3.63, 3.8) is 0 Å². The molecule has 0 aliphatic heterocycles. The summed E-state index contributed by atoms with van der Waals surface area (Å²) in [4.78, 5) is 12.1. The second-order valence-electron chi connectivity index (χ2n) is 4.40. The van der Waals surface area contributed by atoms with E-state index in [0.29, 0.717) is 11.4 Å². The van der Waals surface area contributed by atoms with Crippen LogP contribution in [0.25, 0.3) is 0 Å². The molecule has 1 aromatic heterocycles. The lowest BCUT2D eigenvalue weighted by Crippen LogP contribution is -2.17. The number of anilines is 1. The minimum absolute atomic E-state index is 0.132. The van der Waals surface area contributed by atoms with Gasteiger partial charge in [0.25, 0.3) is 5.91 Å². The number of aromatic nitrogens is 1. The third kappa shape index (κ3) is 2.53. The van der Waals surface area contributed by atoms with E-state index >= 15 is 0 Å². The van der Waals surface area contributed by atoms with Crippen molar-refractivity contribution in [1.82, 2.24) is 4.57 Å². The quantitative estimate of drug-likeness (QED) is 0.872. The molecule has 1 aromatic carbocycles. The minimum atomic E-state index is -0.181. The second-order valence-corrected chi connectivity index (χ2v) is 4.40. The zero-order valence-electron chi connectivity index (χ0n) is 10.4. The van der Waals surface area contributed by atoms with E-state index in [1.54, 1.807) is 24.3 Å². The molecule has 1 amide bonds. The monoisotopic (exact) mass is 244 g/mol. The van der Waals surface area contributed by atoms with Gasteiger partial charge in [0.2, 0.25) is 0 Å². The Morgan fingerprint density at radius 1 is 1.28 bits per heavy atom. The number of carbonyl (C=O) groups is 1. The molecule has 2 aromatic rings. The highest BCUT2D eigenvalue weighted by Gasteiger charge is 2.12. The molecular weight excluding hydrogens is 228 g/mol.